The number of amides is 1. The van der Waals surface area contributed by atoms with Crippen LogP contribution in [0.15, 0.2) is 46.3 Å². The van der Waals surface area contributed by atoms with Crippen molar-refractivity contribution in [1.82, 2.24) is 9.88 Å². The molecule has 12 heteroatoms. The van der Waals surface area contributed by atoms with Crippen molar-refractivity contribution in [3.63, 3.8) is 0 Å². The van der Waals surface area contributed by atoms with Gasteiger partial charge in [0.25, 0.3) is 5.56 Å². The summed E-state index contributed by atoms with van der Waals surface area (Å²) >= 11 is 5.84. The molecule has 0 aliphatic carbocycles. The molecule has 0 aliphatic rings. The molecule has 0 saturated carbocycles. The summed E-state index contributed by atoms with van der Waals surface area (Å²) in [4.78, 5) is 29.6. The van der Waals surface area contributed by atoms with E-state index in [0.717, 1.165) is 5.56 Å². The van der Waals surface area contributed by atoms with E-state index in [-0.39, 0.29) is 37.1 Å². The molecule has 1 heterocycles. The molecule has 1 aromatic carbocycles. The number of rotatable bonds is 10. The summed E-state index contributed by atoms with van der Waals surface area (Å²) in [5, 5.41) is 6.50. The number of benzene rings is 1. The van der Waals surface area contributed by atoms with Gasteiger partial charge in [0.15, 0.2) is 0 Å². The molecule has 2 rings (SSSR count). The van der Waals surface area contributed by atoms with Crippen LogP contribution in [0.4, 0.5) is 5.69 Å². The van der Waals surface area contributed by atoms with E-state index in [4.69, 9.17) is 27.9 Å². The fourth-order valence-corrected chi connectivity index (χ4v) is 3.49. The van der Waals surface area contributed by atoms with Gasteiger partial charge in [0.05, 0.1) is 12.3 Å². The topological polar surface area (TPSA) is 154 Å². The maximum absolute atomic E-state index is 12.7. The van der Waals surface area contributed by atoms with Crippen LogP contribution in [0.3, 0.4) is 0 Å². The molecule has 162 valence electrons. The highest BCUT2D eigenvalue weighted by Gasteiger charge is 2.12. The summed E-state index contributed by atoms with van der Waals surface area (Å²) in [5.41, 5.74) is 11.3. The summed E-state index contributed by atoms with van der Waals surface area (Å²) in [5.74, 6) is -0.421. The van der Waals surface area contributed by atoms with Gasteiger partial charge in [-0.2, -0.15) is 0 Å². The summed E-state index contributed by atoms with van der Waals surface area (Å²) in [6.45, 7) is 1.73. The normalized spacial score (nSPS) is 11.4. The average Bonchev–Trinajstić information content (AvgIpc) is 2.68. The molecule has 1 atom stereocenters. The van der Waals surface area contributed by atoms with E-state index < -0.39 is 22.5 Å². The maximum Gasteiger partial charge on any atom is 0.275 e. The minimum absolute atomic E-state index is 0.0722. The van der Waals surface area contributed by atoms with Gasteiger partial charge in [-0.25, -0.2) is 4.21 Å². The lowest BCUT2D eigenvalue weighted by Gasteiger charge is -2.13. The van der Waals surface area contributed by atoms with Gasteiger partial charge >= 0.3 is 0 Å². The molecule has 10 nitrogen and oxygen atoms in total. The van der Waals surface area contributed by atoms with Crippen molar-refractivity contribution in [2.24, 2.45) is 16.6 Å². The molecular weight excluding hydrogens is 432 g/mol. The molecule has 6 N–H and O–H groups in total. The third kappa shape index (κ3) is 7.41. The van der Waals surface area contributed by atoms with Gasteiger partial charge in [0, 0.05) is 10.7 Å². The molecule has 0 bridgehead atoms. The van der Waals surface area contributed by atoms with Crippen molar-refractivity contribution in [3.05, 3.63) is 63.0 Å². The molecule has 1 amide bonds. The molecule has 0 spiro atoms. The summed E-state index contributed by atoms with van der Waals surface area (Å²) in [6, 6.07) is 10.1. The van der Waals surface area contributed by atoms with E-state index in [2.05, 4.69) is 15.2 Å². The van der Waals surface area contributed by atoms with Crippen LogP contribution in [-0.4, -0.2) is 33.8 Å². The Kier molecular flexibility index (Phi) is 8.69. The number of oxime groups is 1. The predicted molar refractivity (Wildman–Crippen MR) is 117 cm³/mol. The summed E-state index contributed by atoms with van der Waals surface area (Å²) < 4.78 is 16.4. The zero-order valence-corrected chi connectivity index (χ0v) is 17.8. The smallest absolute Gasteiger partial charge is 0.275 e. The first-order valence-electron chi connectivity index (χ1n) is 8.84. The minimum Gasteiger partial charge on any atom is -0.391 e. The number of guanidine groups is 1. The zero-order chi connectivity index (χ0) is 22.1. The van der Waals surface area contributed by atoms with E-state index in [9.17, 15) is 13.8 Å². The van der Waals surface area contributed by atoms with Crippen LogP contribution in [0.2, 0.25) is 5.02 Å². The van der Waals surface area contributed by atoms with Gasteiger partial charge in [-0.1, -0.05) is 23.7 Å². The number of carbonyl (C=O) groups excluding carboxylic acids is 1. The first kappa shape index (κ1) is 23.2. The van der Waals surface area contributed by atoms with Gasteiger partial charge in [0.2, 0.25) is 11.9 Å². The Hall–Kier alpha value is -3.05. The fraction of sp³-hybridized carbons (Fsp3) is 0.278. The lowest BCUT2D eigenvalue weighted by molar-refractivity contribution is -0.122. The van der Waals surface area contributed by atoms with Crippen LogP contribution < -0.4 is 27.1 Å². The highest BCUT2D eigenvalue weighted by molar-refractivity contribution is 7.85. The molecular formula is C18H23ClN6O4S. The fourth-order valence-electron chi connectivity index (χ4n) is 2.39. The number of pyridine rings is 1. The Balaban J connectivity index is 1.97. The number of aromatic nitrogens is 1. The number of hydrogen-bond donors (Lipinski definition) is 4. The molecule has 30 heavy (non-hydrogen) atoms. The number of carbonyl (C=O) groups is 1. The second-order valence-corrected chi connectivity index (χ2v) is 7.82. The Morgan fingerprint density at radius 3 is 2.60 bits per heavy atom. The number of nitrogens with two attached hydrogens (primary N) is 2. The number of aryl methyl sites for hydroxylation is 1. The molecule has 1 unspecified atom stereocenters. The van der Waals surface area contributed by atoms with Gasteiger partial charge < -0.3 is 26.2 Å². The Bertz CT molecular complexity index is 989. The summed E-state index contributed by atoms with van der Waals surface area (Å²) in [6.07, 6.45) is 0. The van der Waals surface area contributed by atoms with Gasteiger partial charge in [-0.3, -0.25) is 14.3 Å². The quantitative estimate of drug-likeness (QED) is 0.176. The van der Waals surface area contributed by atoms with E-state index in [1.54, 1.807) is 37.3 Å². The highest BCUT2D eigenvalue weighted by Crippen LogP contribution is 2.12. The van der Waals surface area contributed by atoms with Crippen molar-refractivity contribution < 1.29 is 13.8 Å². The van der Waals surface area contributed by atoms with Crippen molar-refractivity contribution in [2.75, 3.05) is 17.9 Å². The third-order valence-electron chi connectivity index (χ3n) is 3.81. The first-order chi connectivity index (χ1) is 14.3. The second kappa shape index (κ2) is 11.2. The standard InChI is InChI=1S/C18H23ClN6O4S/c1-12-2-7-15(24-30(28)11-13-3-5-14(19)6-4-13)17(27)25(12)10-16(26)22-8-9-29-23-18(20)21/h2-7,24H,8-11H2,1H3,(H,22,26)(H4,20,21,23). The lowest BCUT2D eigenvalue weighted by Crippen LogP contribution is -2.35. The van der Waals surface area contributed by atoms with E-state index >= 15 is 0 Å². The van der Waals surface area contributed by atoms with Crippen molar-refractivity contribution in [3.8, 4) is 0 Å². The Labute approximate surface area is 180 Å². The maximum atomic E-state index is 12.7. The third-order valence-corrected chi connectivity index (χ3v) is 5.11. The first-order valence-corrected chi connectivity index (χ1v) is 10.5. The molecule has 0 fully saturated rings. The van der Waals surface area contributed by atoms with Crippen LogP contribution in [0.25, 0.3) is 0 Å². The SMILES string of the molecule is Cc1ccc(NS(=O)Cc2ccc(Cl)cc2)c(=O)n1CC(=O)NCCON=C(N)N. The molecule has 0 aliphatic heterocycles. The number of nitrogens with one attached hydrogen (secondary N) is 2. The monoisotopic (exact) mass is 454 g/mol. The van der Waals surface area contributed by atoms with Gasteiger partial charge in [-0.05, 0) is 41.9 Å². The number of halogens is 1. The van der Waals surface area contributed by atoms with Crippen LogP contribution in [0.5, 0.6) is 0 Å². The van der Waals surface area contributed by atoms with Crippen LogP contribution in [0, 0.1) is 6.92 Å². The number of anilines is 1. The van der Waals surface area contributed by atoms with E-state index in [1.807, 2.05) is 0 Å². The zero-order valence-electron chi connectivity index (χ0n) is 16.3. The average molecular weight is 455 g/mol. The van der Waals surface area contributed by atoms with Crippen LogP contribution in [-0.2, 0) is 32.9 Å². The number of nitrogens with zero attached hydrogens (tertiary/aromatic N) is 2. The Morgan fingerprint density at radius 2 is 1.93 bits per heavy atom. The van der Waals surface area contributed by atoms with Gasteiger partial charge in [0.1, 0.15) is 29.8 Å². The molecule has 1 aromatic heterocycles. The highest BCUT2D eigenvalue weighted by atomic mass is 35.5. The second-order valence-electron chi connectivity index (χ2n) is 6.20. The van der Waals surface area contributed by atoms with Gasteiger partial charge in [-0.15, -0.1) is 0 Å². The van der Waals surface area contributed by atoms with Crippen molar-refractivity contribution in [2.45, 2.75) is 19.2 Å². The summed E-state index contributed by atoms with van der Waals surface area (Å²) in [7, 11) is -1.53. The van der Waals surface area contributed by atoms with Crippen molar-refractivity contribution in [1.29, 1.82) is 0 Å². The molecule has 2 aromatic rings. The number of hydrogen-bond acceptors (Lipinski definition) is 5. The molecule has 0 saturated heterocycles. The van der Waals surface area contributed by atoms with Crippen molar-refractivity contribution >= 4 is 40.1 Å². The minimum atomic E-state index is -1.53. The largest absolute Gasteiger partial charge is 0.391 e. The Morgan fingerprint density at radius 1 is 1.23 bits per heavy atom. The molecule has 0 radical (unpaired) electrons. The lowest BCUT2D eigenvalue weighted by atomic mass is 10.2. The predicted octanol–water partition coefficient (Wildman–Crippen LogP) is 0.407. The van der Waals surface area contributed by atoms with E-state index in [0.29, 0.717) is 10.7 Å². The van der Waals surface area contributed by atoms with E-state index in [1.165, 1.54) is 10.6 Å². The van der Waals surface area contributed by atoms with Crippen LogP contribution >= 0.6 is 11.6 Å². The van der Waals surface area contributed by atoms with Crippen LogP contribution in [0.1, 0.15) is 11.3 Å².